The van der Waals surface area contributed by atoms with Gasteiger partial charge in [-0.25, -0.2) is 0 Å². The van der Waals surface area contributed by atoms with Crippen molar-refractivity contribution < 1.29 is 14.3 Å². The van der Waals surface area contributed by atoms with Crippen LogP contribution in [0.1, 0.15) is 32.3 Å². The molecular formula is C22H31N3O3. The number of hydrogen-bond donors (Lipinski definition) is 0. The summed E-state index contributed by atoms with van der Waals surface area (Å²) < 4.78 is 5.74. The van der Waals surface area contributed by atoms with E-state index < -0.39 is 0 Å². The van der Waals surface area contributed by atoms with Crippen molar-refractivity contribution in [2.45, 2.75) is 32.7 Å². The third-order valence-corrected chi connectivity index (χ3v) is 5.58. The summed E-state index contributed by atoms with van der Waals surface area (Å²) in [6, 6.07) is 7.75. The molecule has 0 bridgehead atoms. The van der Waals surface area contributed by atoms with Gasteiger partial charge in [-0.05, 0) is 56.6 Å². The highest BCUT2D eigenvalue weighted by Gasteiger charge is 2.40. The smallest absolute Gasteiger partial charge is 0.277 e. The van der Waals surface area contributed by atoms with Crippen molar-refractivity contribution >= 4 is 17.4 Å². The van der Waals surface area contributed by atoms with Crippen molar-refractivity contribution in [1.29, 1.82) is 0 Å². The predicted octanol–water partition coefficient (Wildman–Crippen LogP) is 2.46. The Hall–Kier alpha value is -2.34. The number of amides is 2. The van der Waals surface area contributed by atoms with Crippen molar-refractivity contribution in [2.24, 2.45) is 5.92 Å². The third-order valence-electron chi connectivity index (χ3n) is 5.58. The second-order valence-corrected chi connectivity index (χ2v) is 8.27. The van der Waals surface area contributed by atoms with Gasteiger partial charge in [-0.2, -0.15) is 0 Å². The zero-order valence-corrected chi connectivity index (χ0v) is 17.6. The average molecular weight is 386 g/mol. The lowest BCUT2D eigenvalue weighted by Crippen LogP contribution is -2.43. The molecule has 0 saturated carbocycles. The molecule has 2 heterocycles. The molecule has 2 aliphatic rings. The molecule has 152 valence electrons. The van der Waals surface area contributed by atoms with Crippen LogP contribution in [-0.2, 0) is 9.59 Å². The number of nitrogens with zero attached hydrogens (tertiary/aromatic N) is 3. The maximum atomic E-state index is 12.9. The maximum Gasteiger partial charge on any atom is 0.277 e. The summed E-state index contributed by atoms with van der Waals surface area (Å²) in [4.78, 5) is 31.2. The van der Waals surface area contributed by atoms with Crippen LogP contribution in [0.3, 0.4) is 0 Å². The Balaban J connectivity index is 1.90. The van der Waals surface area contributed by atoms with Gasteiger partial charge in [0, 0.05) is 20.1 Å². The molecular weight excluding hydrogens is 354 g/mol. The average Bonchev–Trinajstić information content (AvgIpc) is 2.91. The number of ether oxygens (including phenoxy) is 1. The molecule has 1 saturated heterocycles. The molecule has 0 radical (unpaired) electrons. The minimum Gasteiger partial charge on any atom is -0.493 e. The Morgan fingerprint density at radius 1 is 1.07 bits per heavy atom. The molecule has 2 aliphatic heterocycles. The van der Waals surface area contributed by atoms with Crippen LogP contribution in [0.25, 0.3) is 5.57 Å². The molecule has 6 heteroatoms. The number of piperidine rings is 1. The van der Waals surface area contributed by atoms with Gasteiger partial charge >= 0.3 is 0 Å². The van der Waals surface area contributed by atoms with E-state index in [0.717, 1.165) is 37.2 Å². The summed E-state index contributed by atoms with van der Waals surface area (Å²) in [6.07, 6.45) is 1.97. The number of imide groups is 1. The fourth-order valence-corrected chi connectivity index (χ4v) is 3.76. The fraction of sp³-hybridized carbons (Fsp3) is 0.545. The lowest BCUT2D eigenvalue weighted by Gasteiger charge is -2.36. The first-order valence-electron chi connectivity index (χ1n) is 10.0. The van der Waals surface area contributed by atoms with Gasteiger partial charge in [-0.15, -0.1) is 0 Å². The standard InChI is InChI=1S/C22H31N3O3/c1-15(2)14-28-18-8-6-16(7-9-18)19-20(22(27)25(5)21(19)26)24(4)17-10-12-23(3)13-11-17/h6-9,15,17H,10-14H2,1-5H3. The topological polar surface area (TPSA) is 53.1 Å². The number of carbonyl (C=O) groups is 2. The van der Waals surface area contributed by atoms with E-state index >= 15 is 0 Å². The van der Waals surface area contributed by atoms with Crippen molar-refractivity contribution in [2.75, 3.05) is 40.8 Å². The van der Waals surface area contributed by atoms with Crippen LogP contribution in [0.15, 0.2) is 30.0 Å². The van der Waals surface area contributed by atoms with E-state index in [9.17, 15) is 9.59 Å². The number of rotatable bonds is 6. The zero-order valence-electron chi connectivity index (χ0n) is 17.6. The summed E-state index contributed by atoms with van der Waals surface area (Å²) in [5.74, 6) is 0.755. The normalized spacial score (nSPS) is 19.1. The van der Waals surface area contributed by atoms with Crippen molar-refractivity contribution in [1.82, 2.24) is 14.7 Å². The van der Waals surface area contributed by atoms with E-state index in [2.05, 4.69) is 25.8 Å². The van der Waals surface area contributed by atoms with Crippen LogP contribution in [0.5, 0.6) is 5.75 Å². The number of carbonyl (C=O) groups excluding carboxylic acids is 2. The monoisotopic (exact) mass is 385 g/mol. The minimum atomic E-state index is -0.240. The molecule has 2 amide bonds. The van der Waals surface area contributed by atoms with Gasteiger partial charge in [0.25, 0.3) is 11.8 Å². The first kappa shape index (κ1) is 20.4. The summed E-state index contributed by atoms with van der Waals surface area (Å²) >= 11 is 0. The molecule has 1 fully saturated rings. The van der Waals surface area contributed by atoms with Gasteiger partial charge in [0.2, 0.25) is 0 Å². The second kappa shape index (κ2) is 8.35. The van der Waals surface area contributed by atoms with E-state index in [1.54, 1.807) is 7.05 Å². The molecule has 0 aromatic heterocycles. The van der Waals surface area contributed by atoms with E-state index in [0.29, 0.717) is 23.8 Å². The molecule has 28 heavy (non-hydrogen) atoms. The Bertz CT molecular complexity index is 762. The third kappa shape index (κ3) is 4.07. The van der Waals surface area contributed by atoms with Gasteiger partial charge in [0.15, 0.2) is 0 Å². The highest BCUT2D eigenvalue weighted by Crippen LogP contribution is 2.33. The van der Waals surface area contributed by atoms with Gasteiger partial charge in [0.1, 0.15) is 11.4 Å². The second-order valence-electron chi connectivity index (χ2n) is 8.27. The van der Waals surface area contributed by atoms with Gasteiger partial charge in [-0.1, -0.05) is 26.0 Å². The van der Waals surface area contributed by atoms with Crippen molar-refractivity contribution in [3.8, 4) is 5.75 Å². The molecule has 6 nitrogen and oxygen atoms in total. The molecule has 3 rings (SSSR count). The Kier molecular flexibility index (Phi) is 6.08. The van der Waals surface area contributed by atoms with E-state index in [-0.39, 0.29) is 17.9 Å². The van der Waals surface area contributed by atoms with E-state index in [4.69, 9.17) is 4.74 Å². The Labute approximate surface area is 167 Å². The molecule has 0 spiro atoms. The Morgan fingerprint density at radius 2 is 1.68 bits per heavy atom. The van der Waals surface area contributed by atoms with Crippen molar-refractivity contribution in [3.05, 3.63) is 35.5 Å². The Morgan fingerprint density at radius 3 is 2.25 bits per heavy atom. The van der Waals surface area contributed by atoms with Gasteiger partial charge in [-0.3, -0.25) is 14.5 Å². The molecule has 0 N–H and O–H groups in total. The van der Waals surface area contributed by atoms with Crippen LogP contribution in [0.2, 0.25) is 0 Å². The highest BCUT2D eigenvalue weighted by atomic mass is 16.5. The van der Waals surface area contributed by atoms with Gasteiger partial charge in [0.05, 0.1) is 12.2 Å². The van der Waals surface area contributed by atoms with E-state index in [1.807, 2.05) is 36.2 Å². The van der Waals surface area contributed by atoms with Crippen LogP contribution < -0.4 is 4.74 Å². The summed E-state index contributed by atoms with van der Waals surface area (Å²) in [5.41, 5.74) is 1.76. The first-order chi connectivity index (χ1) is 13.3. The largest absolute Gasteiger partial charge is 0.493 e. The zero-order chi connectivity index (χ0) is 20.4. The summed E-state index contributed by atoms with van der Waals surface area (Å²) in [7, 11) is 5.61. The number of benzene rings is 1. The highest BCUT2D eigenvalue weighted by molar-refractivity contribution is 6.35. The van der Waals surface area contributed by atoms with E-state index in [1.165, 1.54) is 4.90 Å². The van der Waals surface area contributed by atoms with Gasteiger partial charge < -0.3 is 14.5 Å². The molecule has 0 atom stereocenters. The molecule has 1 aromatic rings. The first-order valence-corrected chi connectivity index (χ1v) is 10.0. The number of likely N-dealkylation sites (tertiary alicyclic amines) is 1. The van der Waals surface area contributed by atoms with Crippen LogP contribution in [-0.4, -0.2) is 73.4 Å². The quantitative estimate of drug-likeness (QED) is 0.704. The maximum absolute atomic E-state index is 12.9. The van der Waals surface area contributed by atoms with Crippen molar-refractivity contribution in [3.63, 3.8) is 0 Å². The summed E-state index contributed by atoms with van der Waals surface area (Å²) in [6.45, 7) is 6.84. The molecule has 1 aromatic carbocycles. The minimum absolute atomic E-state index is 0.221. The number of likely N-dealkylation sites (N-methyl/N-ethyl adjacent to an activating group) is 2. The van der Waals surface area contributed by atoms with Crippen LogP contribution >= 0.6 is 0 Å². The van der Waals surface area contributed by atoms with Crippen LogP contribution in [0.4, 0.5) is 0 Å². The molecule has 0 aliphatic carbocycles. The molecule has 0 unspecified atom stereocenters. The predicted molar refractivity (Wildman–Crippen MR) is 110 cm³/mol. The number of hydrogen-bond acceptors (Lipinski definition) is 5. The lowest BCUT2D eigenvalue weighted by molar-refractivity contribution is -0.136. The SMILES string of the molecule is CC(C)COc1ccc(C2=C(N(C)C3CCN(C)CC3)C(=O)N(C)C2=O)cc1. The summed E-state index contributed by atoms with van der Waals surface area (Å²) in [5, 5.41) is 0. The fourth-order valence-electron chi connectivity index (χ4n) is 3.76. The van der Waals surface area contributed by atoms with Crippen LogP contribution in [0, 0.1) is 5.92 Å². The lowest BCUT2D eigenvalue weighted by atomic mass is 10.00.